The Bertz CT molecular complexity index is 974. The smallest absolute Gasteiger partial charge is 0.289 e. The minimum atomic E-state index is -4.53. The molecule has 3 rings (SSSR count). The Kier molecular flexibility index (Phi) is 5.36. The number of hydrogen-bond acceptors (Lipinski definition) is 4. The molecule has 0 spiro atoms. The molecule has 5 nitrogen and oxygen atoms in total. The van der Waals surface area contributed by atoms with Gasteiger partial charge < -0.3 is 0 Å². The first kappa shape index (κ1) is 19.4. The molecule has 0 saturated heterocycles. The molecule has 28 heavy (non-hydrogen) atoms. The molecular weight excluding hydrogens is 378 g/mol. The fourth-order valence-corrected chi connectivity index (χ4v) is 2.69. The maximum absolute atomic E-state index is 14.1. The zero-order chi connectivity index (χ0) is 20.3. The minimum absolute atomic E-state index is 0.0626. The monoisotopic (exact) mass is 391 g/mol. The number of nitrogens with zero attached hydrogens (tertiary/aromatic N) is 2. The summed E-state index contributed by atoms with van der Waals surface area (Å²) < 4.78 is 51.9. The molecule has 1 amide bonds. The van der Waals surface area contributed by atoms with Crippen LogP contribution in [0.4, 0.5) is 17.6 Å². The van der Waals surface area contributed by atoms with Gasteiger partial charge in [-0.15, -0.1) is 0 Å². The molecule has 144 valence electrons. The second kappa shape index (κ2) is 7.73. The van der Waals surface area contributed by atoms with Gasteiger partial charge in [-0.3, -0.25) is 10.0 Å². The molecule has 0 aliphatic rings. The van der Waals surface area contributed by atoms with Crippen LogP contribution in [0.5, 0.6) is 0 Å². The van der Waals surface area contributed by atoms with Crippen LogP contribution in [0.1, 0.15) is 22.6 Å². The molecule has 2 aromatic carbocycles. The number of aromatic nitrogens is 2. The molecule has 2 N–H and O–H groups in total. The average Bonchev–Trinajstić information content (AvgIpc) is 2.69. The van der Waals surface area contributed by atoms with Crippen LogP contribution in [0.2, 0.25) is 0 Å². The van der Waals surface area contributed by atoms with Gasteiger partial charge in [-0.25, -0.2) is 19.8 Å². The summed E-state index contributed by atoms with van der Waals surface area (Å²) in [6.45, 7) is 0. The van der Waals surface area contributed by atoms with Gasteiger partial charge in [-0.2, -0.15) is 13.2 Å². The van der Waals surface area contributed by atoms with E-state index in [1.165, 1.54) is 47.9 Å². The van der Waals surface area contributed by atoms with Crippen molar-refractivity contribution >= 4 is 5.91 Å². The van der Waals surface area contributed by atoms with Gasteiger partial charge in [0, 0.05) is 23.5 Å². The van der Waals surface area contributed by atoms with Crippen LogP contribution >= 0.6 is 0 Å². The number of amides is 1. The van der Waals surface area contributed by atoms with Gasteiger partial charge in [0.1, 0.15) is 5.82 Å². The lowest BCUT2D eigenvalue weighted by Gasteiger charge is -2.17. The normalized spacial score (nSPS) is 12.5. The Morgan fingerprint density at radius 2 is 1.61 bits per heavy atom. The van der Waals surface area contributed by atoms with E-state index in [1.54, 1.807) is 6.07 Å². The molecule has 1 atom stereocenters. The van der Waals surface area contributed by atoms with Gasteiger partial charge >= 0.3 is 6.18 Å². The Labute approximate surface area is 156 Å². The highest BCUT2D eigenvalue weighted by molar-refractivity contribution is 5.86. The molecule has 0 bridgehead atoms. The number of hydrogen-bond donors (Lipinski definition) is 2. The zero-order valence-electron chi connectivity index (χ0n) is 14.1. The highest BCUT2D eigenvalue weighted by Gasteiger charge is 2.31. The van der Waals surface area contributed by atoms with Crippen molar-refractivity contribution in [2.24, 2.45) is 0 Å². The lowest BCUT2D eigenvalue weighted by atomic mass is 9.89. The molecule has 1 aromatic heterocycles. The number of carbonyl (C=O) groups is 1. The highest BCUT2D eigenvalue weighted by Crippen LogP contribution is 2.30. The Morgan fingerprint density at radius 1 is 1.00 bits per heavy atom. The average molecular weight is 391 g/mol. The van der Waals surface area contributed by atoms with E-state index >= 15 is 0 Å². The van der Waals surface area contributed by atoms with E-state index in [-0.39, 0.29) is 11.4 Å². The Balaban J connectivity index is 1.94. The van der Waals surface area contributed by atoms with Gasteiger partial charge in [-0.05, 0) is 11.6 Å². The van der Waals surface area contributed by atoms with E-state index in [0.717, 1.165) is 0 Å². The topological polar surface area (TPSA) is 75.1 Å². The minimum Gasteiger partial charge on any atom is -0.289 e. The summed E-state index contributed by atoms with van der Waals surface area (Å²) in [5.74, 6) is -2.50. The van der Waals surface area contributed by atoms with Crippen molar-refractivity contribution in [3.05, 3.63) is 83.4 Å². The van der Waals surface area contributed by atoms with Crippen LogP contribution < -0.4 is 5.48 Å². The van der Waals surface area contributed by atoms with Crippen molar-refractivity contribution in [2.45, 2.75) is 12.1 Å². The van der Waals surface area contributed by atoms with E-state index in [2.05, 4.69) is 9.97 Å². The summed E-state index contributed by atoms with van der Waals surface area (Å²) in [4.78, 5) is 19.5. The second-order valence-corrected chi connectivity index (χ2v) is 5.85. The second-order valence-electron chi connectivity index (χ2n) is 5.85. The number of alkyl halides is 3. The number of benzene rings is 2. The summed E-state index contributed by atoms with van der Waals surface area (Å²) in [7, 11) is 0. The number of nitrogens with one attached hydrogen (secondary N) is 1. The van der Waals surface area contributed by atoms with Crippen molar-refractivity contribution in [3.63, 3.8) is 0 Å². The van der Waals surface area contributed by atoms with Gasteiger partial charge in [0.2, 0.25) is 0 Å². The van der Waals surface area contributed by atoms with Crippen molar-refractivity contribution < 1.29 is 27.6 Å². The predicted octanol–water partition coefficient (Wildman–Crippen LogP) is 3.94. The third-order valence-electron chi connectivity index (χ3n) is 4.07. The lowest BCUT2D eigenvalue weighted by Crippen LogP contribution is -2.27. The van der Waals surface area contributed by atoms with Crippen LogP contribution in [0.15, 0.2) is 60.9 Å². The third-order valence-corrected chi connectivity index (χ3v) is 4.07. The fourth-order valence-electron chi connectivity index (χ4n) is 2.69. The summed E-state index contributed by atoms with van der Waals surface area (Å²) >= 11 is 0. The van der Waals surface area contributed by atoms with Crippen LogP contribution in [-0.2, 0) is 11.0 Å². The van der Waals surface area contributed by atoms with Crippen LogP contribution in [0.25, 0.3) is 11.4 Å². The Morgan fingerprint density at radius 3 is 2.14 bits per heavy atom. The van der Waals surface area contributed by atoms with Gasteiger partial charge in [0.15, 0.2) is 5.82 Å². The first-order chi connectivity index (χ1) is 13.3. The number of carbonyl (C=O) groups excluding carboxylic acids is 1. The largest absolute Gasteiger partial charge is 0.419 e. The lowest BCUT2D eigenvalue weighted by molar-refractivity contribution is -0.138. The molecule has 9 heteroatoms. The fraction of sp³-hybridized carbons (Fsp3) is 0.105. The molecule has 0 fully saturated rings. The first-order valence-corrected chi connectivity index (χ1v) is 7.99. The van der Waals surface area contributed by atoms with E-state index in [1.807, 2.05) is 0 Å². The van der Waals surface area contributed by atoms with Crippen LogP contribution in [0, 0.1) is 5.82 Å². The van der Waals surface area contributed by atoms with E-state index < -0.39 is 29.4 Å². The summed E-state index contributed by atoms with van der Waals surface area (Å²) in [6, 6.07) is 11.6. The number of rotatable bonds is 4. The number of hydroxylamine groups is 1. The molecule has 1 heterocycles. The van der Waals surface area contributed by atoms with Gasteiger partial charge in [0.05, 0.1) is 11.5 Å². The molecule has 0 radical (unpaired) electrons. The van der Waals surface area contributed by atoms with Crippen molar-refractivity contribution in [1.29, 1.82) is 0 Å². The summed E-state index contributed by atoms with van der Waals surface area (Å²) in [6.07, 6.45) is -3.18. The highest BCUT2D eigenvalue weighted by atomic mass is 19.4. The maximum Gasteiger partial charge on any atom is 0.419 e. The first-order valence-electron chi connectivity index (χ1n) is 7.99. The third kappa shape index (κ3) is 3.99. The van der Waals surface area contributed by atoms with Crippen molar-refractivity contribution in [2.75, 3.05) is 0 Å². The van der Waals surface area contributed by atoms with Crippen molar-refractivity contribution in [1.82, 2.24) is 15.4 Å². The standard InChI is InChI=1S/C19H13F4N3O2/c20-15-4-2-1-3-14(15)16(18(27)26-28)11-5-7-12(8-6-11)17-24-9-13(10-25-17)19(21,22)23/h1-10,16,28H,(H,26,27). The quantitative estimate of drug-likeness (QED) is 0.401. The molecule has 0 saturated carbocycles. The van der Waals surface area contributed by atoms with E-state index in [4.69, 9.17) is 5.21 Å². The van der Waals surface area contributed by atoms with Gasteiger partial charge in [-0.1, -0.05) is 42.5 Å². The van der Waals surface area contributed by atoms with Crippen LogP contribution in [-0.4, -0.2) is 21.1 Å². The van der Waals surface area contributed by atoms with E-state index in [9.17, 15) is 22.4 Å². The Hall–Kier alpha value is -3.33. The molecule has 0 aliphatic heterocycles. The molecule has 0 aliphatic carbocycles. The van der Waals surface area contributed by atoms with E-state index in [0.29, 0.717) is 23.5 Å². The van der Waals surface area contributed by atoms with Crippen molar-refractivity contribution in [3.8, 4) is 11.4 Å². The van der Waals surface area contributed by atoms with Gasteiger partial charge in [0.25, 0.3) is 5.91 Å². The predicted molar refractivity (Wildman–Crippen MR) is 90.6 cm³/mol. The molecule has 1 unspecified atom stereocenters. The molecule has 3 aromatic rings. The molecular formula is C19H13F4N3O2. The maximum atomic E-state index is 14.1. The van der Waals surface area contributed by atoms with Crippen LogP contribution in [0.3, 0.4) is 0 Å². The summed E-state index contributed by atoms with van der Waals surface area (Å²) in [5.41, 5.74) is 1.40. The SMILES string of the molecule is O=C(NO)C(c1ccc(-c2ncc(C(F)(F)F)cn2)cc1)c1ccccc1F. The zero-order valence-corrected chi connectivity index (χ0v) is 14.1. The number of halogens is 4. The summed E-state index contributed by atoms with van der Waals surface area (Å²) in [5, 5.41) is 9.01.